The molecule has 6 nitrogen and oxygen atoms in total. The van der Waals surface area contributed by atoms with Gasteiger partial charge < -0.3 is 9.84 Å². The van der Waals surface area contributed by atoms with E-state index in [1.807, 2.05) is 13.8 Å². The van der Waals surface area contributed by atoms with E-state index in [0.717, 1.165) is 11.3 Å². The maximum Gasteiger partial charge on any atom is 0.271 e. The average Bonchev–Trinajstić information content (AvgIpc) is 2.68. The number of nitro groups is 1. The van der Waals surface area contributed by atoms with E-state index >= 15 is 0 Å². The standard InChI is InChI=1S/C12H12ClN3O3/c1-7-10(8(2)19-15-7)6-14-12-5-9(16(17)18)3-4-11(12)13/h3-5,14H,6H2,1-2H3. The van der Waals surface area contributed by atoms with E-state index in [4.69, 9.17) is 16.1 Å². The lowest BCUT2D eigenvalue weighted by atomic mass is 10.2. The summed E-state index contributed by atoms with van der Waals surface area (Å²) < 4.78 is 5.04. The molecule has 2 rings (SSSR count). The highest BCUT2D eigenvalue weighted by molar-refractivity contribution is 6.33. The molecule has 1 heterocycles. The second-order valence-electron chi connectivity index (χ2n) is 4.08. The number of non-ortho nitro benzene ring substituents is 1. The maximum absolute atomic E-state index is 10.7. The molecule has 0 aliphatic heterocycles. The molecule has 0 fully saturated rings. The second kappa shape index (κ2) is 5.27. The van der Waals surface area contributed by atoms with Crippen LogP contribution in [0.15, 0.2) is 22.7 Å². The Morgan fingerprint density at radius 2 is 2.21 bits per heavy atom. The normalized spacial score (nSPS) is 10.5. The molecule has 7 heteroatoms. The van der Waals surface area contributed by atoms with Gasteiger partial charge >= 0.3 is 0 Å². The summed E-state index contributed by atoms with van der Waals surface area (Å²) in [5, 5.41) is 18.0. The molecule has 0 aliphatic rings. The zero-order chi connectivity index (χ0) is 14.0. The molecule has 1 aromatic carbocycles. The number of nitro benzene ring substituents is 1. The number of hydrogen-bond donors (Lipinski definition) is 1. The van der Waals surface area contributed by atoms with Crippen LogP contribution in [0.25, 0.3) is 0 Å². The van der Waals surface area contributed by atoms with Crippen LogP contribution < -0.4 is 5.32 Å². The van der Waals surface area contributed by atoms with Crippen molar-refractivity contribution in [1.29, 1.82) is 0 Å². The molecule has 19 heavy (non-hydrogen) atoms. The van der Waals surface area contributed by atoms with Gasteiger partial charge in [-0.2, -0.15) is 0 Å². The number of rotatable bonds is 4. The van der Waals surface area contributed by atoms with E-state index in [1.165, 1.54) is 18.2 Å². The van der Waals surface area contributed by atoms with Crippen molar-refractivity contribution in [3.8, 4) is 0 Å². The van der Waals surface area contributed by atoms with Crippen molar-refractivity contribution in [2.24, 2.45) is 0 Å². The maximum atomic E-state index is 10.7. The molecular formula is C12H12ClN3O3. The minimum atomic E-state index is -0.461. The Bertz CT molecular complexity index is 605. The first kappa shape index (κ1) is 13.4. The molecule has 0 saturated carbocycles. The fourth-order valence-electron chi connectivity index (χ4n) is 1.70. The SMILES string of the molecule is Cc1noc(C)c1CNc1cc([N+](=O)[O-])ccc1Cl. The first-order chi connectivity index (χ1) is 8.99. The van der Waals surface area contributed by atoms with Crippen molar-refractivity contribution in [2.75, 3.05) is 5.32 Å². The molecule has 0 amide bonds. The molecular weight excluding hydrogens is 270 g/mol. The minimum Gasteiger partial charge on any atom is -0.379 e. The lowest BCUT2D eigenvalue weighted by Crippen LogP contribution is -2.02. The number of anilines is 1. The summed E-state index contributed by atoms with van der Waals surface area (Å²) in [6.45, 7) is 4.09. The van der Waals surface area contributed by atoms with Crippen LogP contribution in [-0.4, -0.2) is 10.1 Å². The quantitative estimate of drug-likeness (QED) is 0.685. The van der Waals surface area contributed by atoms with E-state index in [0.29, 0.717) is 23.0 Å². The Morgan fingerprint density at radius 3 is 2.79 bits per heavy atom. The lowest BCUT2D eigenvalue weighted by Gasteiger charge is -2.07. The van der Waals surface area contributed by atoms with E-state index in [2.05, 4.69) is 10.5 Å². The van der Waals surface area contributed by atoms with Gasteiger partial charge in [-0.3, -0.25) is 10.1 Å². The number of aromatic nitrogens is 1. The number of aryl methyl sites for hydroxylation is 2. The summed E-state index contributed by atoms with van der Waals surface area (Å²) in [5.41, 5.74) is 2.20. The van der Waals surface area contributed by atoms with Gasteiger partial charge in [0.1, 0.15) is 5.76 Å². The zero-order valence-corrected chi connectivity index (χ0v) is 11.2. The number of nitrogens with zero attached hydrogens (tertiary/aromatic N) is 2. The summed E-state index contributed by atoms with van der Waals surface area (Å²) in [5.74, 6) is 0.714. The number of nitrogens with one attached hydrogen (secondary N) is 1. The van der Waals surface area contributed by atoms with Gasteiger partial charge in [0, 0.05) is 24.2 Å². The van der Waals surface area contributed by atoms with Crippen LogP contribution >= 0.6 is 11.6 Å². The van der Waals surface area contributed by atoms with Crippen molar-refractivity contribution >= 4 is 23.0 Å². The van der Waals surface area contributed by atoms with Gasteiger partial charge in [-0.05, 0) is 19.9 Å². The Hall–Kier alpha value is -2.08. The van der Waals surface area contributed by atoms with Crippen LogP contribution in [0.3, 0.4) is 0 Å². The lowest BCUT2D eigenvalue weighted by molar-refractivity contribution is -0.384. The number of hydrogen-bond acceptors (Lipinski definition) is 5. The summed E-state index contributed by atoms with van der Waals surface area (Å²) >= 11 is 6.00. The van der Waals surface area contributed by atoms with E-state index in [9.17, 15) is 10.1 Å². The van der Waals surface area contributed by atoms with Crippen molar-refractivity contribution in [2.45, 2.75) is 20.4 Å². The van der Waals surface area contributed by atoms with E-state index < -0.39 is 4.92 Å². The highest BCUT2D eigenvalue weighted by Crippen LogP contribution is 2.27. The van der Waals surface area contributed by atoms with Crippen LogP contribution in [0, 0.1) is 24.0 Å². The fourth-order valence-corrected chi connectivity index (χ4v) is 1.88. The van der Waals surface area contributed by atoms with Crippen molar-refractivity contribution < 1.29 is 9.45 Å². The van der Waals surface area contributed by atoms with Gasteiger partial charge in [0.05, 0.1) is 21.3 Å². The molecule has 0 spiro atoms. The fraction of sp³-hybridized carbons (Fsp3) is 0.250. The van der Waals surface area contributed by atoms with Crippen LogP contribution in [0.2, 0.25) is 5.02 Å². The third-order valence-electron chi connectivity index (χ3n) is 2.80. The highest BCUT2D eigenvalue weighted by atomic mass is 35.5. The first-order valence-electron chi connectivity index (χ1n) is 5.58. The summed E-state index contributed by atoms with van der Waals surface area (Å²) in [7, 11) is 0. The summed E-state index contributed by atoms with van der Waals surface area (Å²) in [4.78, 5) is 10.3. The van der Waals surface area contributed by atoms with Crippen LogP contribution in [0.5, 0.6) is 0 Å². The van der Waals surface area contributed by atoms with Gasteiger partial charge in [0.15, 0.2) is 0 Å². The van der Waals surface area contributed by atoms with Gasteiger partial charge in [-0.15, -0.1) is 0 Å². The second-order valence-corrected chi connectivity index (χ2v) is 4.48. The van der Waals surface area contributed by atoms with Gasteiger partial charge in [0.2, 0.25) is 0 Å². The molecule has 0 radical (unpaired) electrons. The first-order valence-corrected chi connectivity index (χ1v) is 5.96. The smallest absolute Gasteiger partial charge is 0.271 e. The monoisotopic (exact) mass is 281 g/mol. The highest BCUT2D eigenvalue weighted by Gasteiger charge is 2.12. The van der Waals surface area contributed by atoms with Gasteiger partial charge in [-0.1, -0.05) is 16.8 Å². The molecule has 0 aliphatic carbocycles. The Labute approximate surface area is 114 Å². The van der Waals surface area contributed by atoms with Crippen LogP contribution in [0.4, 0.5) is 11.4 Å². The molecule has 1 N–H and O–H groups in total. The van der Waals surface area contributed by atoms with Crippen molar-refractivity contribution in [3.05, 3.63) is 50.4 Å². The molecule has 2 aromatic rings. The van der Waals surface area contributed by atoms with E-state index in [-0.39, 0.29) is 5.69 Å². The molecule has 0 atom stereocenters. The zero-order valence-electron chi connectivity index (χ0n) is 10.4. The Kier molecular flexibility index (Phi) is 3.71. The molecule has 1 aromatic heterocycles. The minimum absolute atomic E-state index is 0.00865. The average molecular weight is 282 g/mol. The van der Waals surface area contributed by atoms with Crippen molar-refractivity contribution in [1.82, 2.24) is 5.16 Å². The number of halogens is 1. The topological polar surface area (TPSA) is 81.2 Å². The van der Waals surface area contributed by atoms with Crippen LogP contribution in [-0.2, 0) is 6.54 Å². The Balaban J connectivity index is 2.20. The summed E-state index contributed by atoms with van der Waals surface area (Å²) in [6.07, 6.45) is 0. The van der Waals surface area contributed by atoms with Crippen LogP contribution in [0.1, 0.15) is 17.0 Å². The van der Waals surface area contributed by atoms with E-state index in [1.54, 1.807) is 0 Å². The molecule has 0 bridgehead atoms. The third-order valence-corrected chi connectivity index (χ3v) is 3.13. The molecule has 0 saturated heterocycles. The Morgan fingerprint density at radius 1 is 1.47 bits per heavy atom. The van der Waals surface area contributed by atoms with Gasteiger partial charge in [0.25, 0.3) is 5.69 Å². The number of benzene rings is 1. The summed E-state index contributed by atoms with van der Waals surface area (Å²) in [6, 6.07) is 4.26. The predicted octanol–water partition coefficient (Wildman–Crippen LogP) is 3.47. The molecule has 100 valence electrons. The predicted molar refractivity (Wildman–Crippen MR) is 71.4 cm³/mol. The molecule has 0 unspecified atom stereocenters. The largest absolute Gasteiger partial charge is 0.379 e. The van der Waals surface area contributed by atoms with Gasteiger partial charge in [-0.25, -0.2) is 0 Å². The third kappa shape index (κ3) is 2.85. The van der Waals surface area contributed by atoms with Crippen molar-refractivity contribution in [3.63, 3.8) is 0 Å².